The summed E-state index contributed by atoms with van der Waals surface area (Å²) >= 11 is 0. The van der Waals surface area contributed by atoms with Gasteiger partial charge in [0.25, 0.3) is 5.91 Å². The highest BCUT2D eigenvalue weighted by atomic mass is 16.5. The summed E-state index contributed by atoms with van der Waals surface area (Å²) in [5.41, 5.74) is 0.624. The number of aromatic amines is 1. The van der Waals surface area contributed by atoms with Crippen LogP contribution in [-0.4, -0.2) is 41.0 Å². The van der Waals surface area contributed by atoms with Crippen molar-refractivity contribution in [2.45, 2.75) is 26.5 Å². The lowest BCUT2D eigenvalue weighted by Crippen LogP contribution is -2.45. The standard InChI is InChI=1S/C18H21N3O5/c1-11(2)13(18(24)26-9-12-7-5-4-6-8-12)21-16(22)14-15(17(23)25-3)20-10-19-14/h4-8,10-11,13H,9H2,1-3H3,(H,19,20)(H,21,22)/t13-/m0/s1. The van der Waals surface area contributed by atoms with E-state index >= 15 is 0 Å². The molecule has 1 heterocycles. The fourth-order valence-electron chi connectivity index (χ4n) is 2.25. The first-order valence-corrected chi connectivity index (χ1v) is 8.07. The summed E-state index contributed by atoms with van der Waals surface area (Å²) in [6.07, 6.45) is 1.21. The molecule has 8 nitrogen and oxygen atoms in total. The van der Waals surface area contributed by atoms with Gasteiger partial charge in [-0.05, 0) is 11.5 Å². The summed E-state index contributed by atoms with van der Waals surface area (Å²) in [7, 11) is 1.20. The van der Waals surface area contributed by atoms with Gasteiger partial charge in [0.2, 0.25) is 0 Å². The second kappa shape index (κ2) is 8.80. The van der Waals surface area contributed by atoms with Crippen molar-refractivity contribution in [2.24, 2.45) is 5.92 Å². The van der Waals surface area contributed by atoms with E-state index in [-0.39, 0.29) is 23.9 Å². The number of hydrogen-bond acceptors (Lipinski definition) is 6. The summed E-state index contributed by atoms with van der Waals surface area (Å²) < 4.78 is 9.89. The second-order valence-corrected chi connectivity index (χ2v) is 5.91. The zero-order valence-electron chi connectivity index (χ0n) is 14.8. The number of ether oxygens (including phenoxy) is 2. The van der Waals surface area contributed by atoms with Gasteiger partial charge in [-0.3, -0.25) is 4.79 Å². The molecule has 0 aliphatic rings. The van der Waals surface area contributed by atoms with Gasteiger partial charge in [0.1, 0.15) is 12.6 Å². The average Bonchev–Trinajstić information content (AvgIpc) is 3.13. The number of benzene rings is 1. The lowest BCUT2D eigenvalue weighted by Gasteiger charge is -2.20. The first-order chi connectivity index (χ1) is 12.4. The van der Waals surface area contributed by atoms with E-state index in [1.54, 1.807) is 13.8 Å². The SMILES string of the molecule is COC(=O)c1[nH]cnc1C(=O)N[C@H](C(=O)OCc1ccccc1)C(C)C. The number of imidazole rings is 1. The number of nitrogens with zero attached hydrogens (tertiary/aromatic N) is 1. The Kier molecular flexibility index (Phi) is 6.48. The van der Waals surface area contributed by atoms with E-state index in [0.29, 0.717) is 0 Å². The van der Waals surface area contributed by atoms with Crippen molar-refractivity contribution in [3.8, 4) is 0 Å². The smallest absolute Gasteiger partial charge is 0.356 e. The normalized spacial score (nSPS) is 11.7. The summed E-state index contributed by atoms with van der Waals surface area (Å²) in [4.78, 5) is 42.8. The van der Waals surface area contributed by atoms with Crippen LogP contribution in [0.15, 0.2) is 36.7 Å². The maximum atomic E-state index is 12.4. The van der Waals surface area contributed by atoms with Crippen LogP contribution in [0.3, 0.4) is 0 Å². The Morgan fingerprint density at radius 2 is 1.88 bits per heavy atom. The van der Waals surface area contributed by atoms with E-state index in [0.717, 1.165) is 5.56 Å². The molecule has 0 bridgehead atoms. The zero-order chi connectivity index (χ0) is 19.1. The third-order valence-electron chi connectivity index (χ3n) is 3.68. The molecule has 2 rings (SSSR count). The molecule has 1 aromatic carbocycles. The van der Waals surface area contributed by atoms with E-state index < -0.39 is 23.9 Å². The van der Waals surface area contributed by atoms with Crippen LogP contribution in [0.4, 0.5) is 0 Å². The topological polar surface area (TPSA) is 110 Å². The molecule has 2 aromatic rings. The highest BCUT2D eigenvalue weighted by molar-refractivity contribution is 6.03. The molecule has 2 N–H and O–H groups in total. The van der Waals surface area contributed by atoms with Crippen LogP contribution >= 0.6 is 0 Å². The number of rotatable bonds is 7. The Labute approximate surface area is 150 Å². The quantitative estimate of drug-likeness (QED) is 0.728. The molecular formula is C18H21N3O5. The number of H-pyrrole nitrogens is 1. The molecule has 0 aliphatic heterocycles. The van der Waals surface area contributed by atoms with Crippen molar-refractivity contribution < 1.29 is 23.9 Å². The zero-order valence-corrected chi connectivity index (χ0v) is 14.8. The Balaban J connectivity index is 2.05. The molecule has 8 heteroatoms. The molecule has 0 spiro atoms. The van der Waals surface area contributed by atoms with Crippen molar-refractivity contribution >= 4 is 17.8 Å². The van der Waals surface area contributed by atoms with Gasteiger partial charge in [0.15, 0.2) is 11.4 Å². The second-order valence-electron chi connectivity index (χ2n) is 5.91. The molecular weight excluding hydrogens is 338 g/mol. The van der Waals surface area contributed by atoms with Gasteiger partial charge >= 0.3 is 11.9 Å². The predicted octanol–water partition coefficient (Wildman–Crippen LogP) is 1.69. The Bertz CT molecular complexity index is 770. The number of methoxy groups -OCH3 is 1. The molecule has 0 fully saturated rings. The molecule has 1 amide bonds. The molecule has 1 aromatic heterocycles. The van der Waals surface area contributed by atoms with Gasteiger partial charge in [0.05, 0.1) is 13.4 Å². The Hall–Kier alpha value is -3.16. The number of hydrogen-bond donors (Lipinski definition) is 2. The molecule has 0 aliphatic carbocycles. The van der Waals surface area contributed by atoms with Gasteiger partial charge in [-0.1, -0.05) is 44.2 Å². The first kappa shape index (κ1) is 19.2. The van der Waals surface area contributed by atoms with Crippen LogP contribution < -0.4 is 5.32 Å². The van der Waals surface area contributed by atoms with E-state index in [2.05, 4.69) is 20.0 Å². The van der Waals surface area contributed by atoms with Crippen LogP contribution in [0, 0.1) is 5.92 Å². The maximum absolute atomic E-state index is 12.4. The monoisotopic (exact) mass is 359 g/mol. The van der Waals surface area contributed by atoms with Crippen molar-refractivity contribution in [2.75, 3.05) is 7.11 Å². The third-order valence-corrected chi connectivity index (χ3v) is 3.68. The molecule has 138 valence electrons. The maximum Gasteiger partial charge on any atom is 0.356 e. The molecule has 0 saturated heterocycles. The third kappa shape index (κ3) is 4.69. The Morgan fingerprint density at radius 1 is 1.19 bits per heavy atom. The number of esters is 2. The fraction of sp³-hybridized carbons (Fsp3) is 0.333. The van der Waals surface area contributed by atoms with Crippen LogP contribution in [0.5, 0.6) is 0 Å². The van der Waals surface area contributed by atoms with Gasteiger partial charge in [-0.15, -0.1) is 0 Å². The largest absolute Gasteiger partial charge is 0.464 e. The van der Waals surface area contributed by atoms with Gasteiger partial charge in [-0.2, -0.15) is 0 Å². The lowest BCUT2D eigenvalue weighted by molar-refractivity contribution is -0.148. The van der Waals surface area contributed by atoms with E-state index in [4.69, 9.17) is 4.74 Å². The molecule has 0 radical (unpaired) electrons. The Morgan fingerprint density at radius 3 is 2.50 bits per heavy atom. The van der Waals surface area contributed by atoms with E-state index in [9.17, 15) is 14.4 Å². The average molecular weight is 359 g/mol. The number of carbonyl (C=O) groups excluding carboxylic acids is 3. The fourth-order valence-corrected chi connectivity index (χ4v) is 2.25. The minimum absolute atomic E-state index is 0.0786. The first-order valence-electron chi connectivity index (χ1n) is 8.07. The minimum atomic E-state index is -0.881. The van der Waals surface area contributed by atoms with Crippen LogP contribution in [0.1, 0.15) is 40.4 Å². The van der Waals surface area contributed by atoms with Crippen LogP contribution in [0.25, 0.3) is 0 Å². The van der Waals surface area contributed by atoms with Crippen LogP contribution in [-0.2, 0) is 20.9 Å². The van der Waals surface area contributed by atoms with Crippen molar-refractivity contribution in [1.29, 1.82) is 0 Å². The van der Waals surface area contributed by atoms with Gasteiger partial charge < -0.3 is 19.8 Å². The van der Waals surface area contributed by atoms with E-state index in [1.165, 1.54) is 13.4 Å². The van der Waals surface area contributed by atoms with Crippen molar-refractivity contribution in [3.05, 3.63) is 53.6 Å². The van der Waals surface area contributed by atoms with E-state index in [1.807, 2.05) is 30.3 Å². The minimum Gasteiger partial charge on any atom is -0.464 e. The number of nitrogens with one attached hydrogen (secondary N) is 2. The highest BCUT2D eigenvalue weighted by Gasteiger charge is 2.29. The molecule has 1 atom stereocenters. The van der Waals surface area contributed by atoms with Gasteiger partial charge in [0, 0.05) is 0 Å². The lowest BCUT2D eigenvalue weighted by atomic mass is 10.0. The number of carbonyl (C=O) groups is 3. The summed E-state index contributed by atoms with van der Waals surface area (Å²) in [6, 6.07) is 8.35. The molecule has 26 heavy (non-hydrogen) atoms. The molecule has 0 unspecified atom stereocenters. The van der Waals surface area contributed by atoms with Crippen molar-refractivity contribution in [3.63, 3.8) is 0 Å². The molecule has 0 saturated carbocycles. The van der Waals surface area contributed by atoms with Crippen molar-refractivity contribution in [1.82, 2.24) is 15.3 Å². The summed E-state index contributed by atoms with van der Waals surface area (Å²) in [5.74, 6) is -2.17. The summed E-state index contributed by atoms with van der Waals surface area (Å²) in [5, 5.41) is 2.57. The number of aromatic nitrogens is 2. The number of amides is 1. The van der Waals surface area contributed by atoms with Gasteiger partial charge in [-0.25, -0.2) is 14.6 Å². The van der Waals surface area contributed by atoms with Crippen LogP contribution in [0.2, 0.25) is 0 Å². The summed E-state index contributed by atoms with van der Waals surface area (Å²) in [6.45, 7) is 3.66. The highest BCUT2D eigenvalue weighted by Crippen LogP contribution is 2.10. The predicted molar refractivity (Wildman–Crippen MR) is 92.3 cm³/mol.